The Labute approximate surface area is 149 Å². The Kier molecular flexibility index (Phi) is 8.28. The minimum atomic E-state index is -0.393. The lowest BCUT2D eigenvalue weighted by atomic mass is 9.91. The molecule has 2 amide bonds. The summed E-state index contributed by atoms with van der Waals surface area (Å²) in [7, 11) is 0. The highest BCUT2D eigenvalue weighted by atomic mass is 32.2. The Morgan fingerprint density at radius 1 is 1.17 bits per heavy atom. The van der Waals surface area contributed by atoms with Gasteiger partial charge in [-0.1, -0.05) is 31.5 Å². The van der Waals surface area contributed by atoms with Crippen molar-refractivity contribution in [2.45, 2.75) is 39.7 Å². The Morgan fingerprint density at radius 3 is 2.29 bits per heavy atom. The third-order valence-electron chi connectivity index (χ3n) is 3.55. The second kappa shape index (κ2) is 9.69. The van der Waals surface area contributed by atoms with Gasteiger partial charge < -0.3 is 16.4 Å². The molecule has 0 aromatic heterocycles. The van der Waals surface area contributed by atoms with Crippen molar-refractivity contribution >= 4 is 29.3 Å². The molecule has 134 valence electrons. The summed E-state index contributed by atoms with van der Waals surface area (Å²) >= 11 is 1.30. The van der Waals surface area contributed by atoms with Gasteiger partial charge in [0.2, 0.25) is 11.8 Å². The third-order valence-corrected chi connectivity index (χ3v) is 4.48. The minimum Gasteiger partial charge on any atom is -0.349 e. The molecule has 6 heteroatoms. The molecule has 0 fully saturated rings. The highest BCUT2D eigenvalue weighted by molar-refractivity contribution is 8.00. The number of thioether (sulfide) groups is 1. The van der Waals surface area contributed by atoms with E-state index < -0.39 is 5.54 Å². The minimum absolute atomic E-state index is 0.0864. The zero-order chi connectivity index (χ0) is 18.2. The van der Waals surface area contributed by atoms with Gasteiger partial charge in [-0.3, -0.25) is 9.59 Å². The average Bonchev–Trinajstić information content (AvgIpc) is 2.48. The molecule has 4 N–H and O–H groups in total. The van der Waals surface area contributed by atoms with Crippen molar-refractivity contribution < 1.29 is 9.59 Å². The van der Waals surface area contributed by atoms with Crippen LogP contribution in [-0.2, 0) is 9.59 Å². The first kappa shape index (κ1) is 20.5. The Balaban J connectivity index is 2.34. The van der Waals surface area contributed by atoms with Crippen molar-refractivity contribution in [1.82, 2.24) is 5.32 Å². The maximum Gasteiger partial charge on any atom is 0.234 e. The van der Waals surface area contributed by atoms with Gasteiger partial charge in [0.25, 0.3) is 0 Å². The first-order chi connectivity index (χ1) is 11.2. The topological polar surface area (TPSA) is 84.2 Å². The first-order valence-corrected chi connectivity index (χ1v) is 9.35. The molecule has 0 radical (unpaired) electrons. The fraction of sp³-hybridized carbons (Fsp3) is 0.556. The van der Waals surface area contributed by atoms with E-state index in [1.54, 1.807) is 0 Å². The molecule has 0 aliphatic heterocycles. The lowest BCUT2D eigenvalue weighted by molar-refractivity contribution is -0.120. The molecular weight excluding hydrogens is 322 g/mol. The van der Waals surface area contributed by atoms with Gasteiger partial charge in [-0.15, -0.1) is 11.8 Å². The fourth-order valence-corrected chi connectivity index (χ4v) is 3.15. The average molecular weight is 352 g/mol. The van der Waals surface area contributed by atoms with E-state index in [0.29, 0.717) is 12.5 Å². The number of nitrogens with two attached hydrogens (primary N) is 1. The molecule has 1 rings (SSSR count). The van der Waals surface area contributed by atoms with E-state index in [-0.39, 0.29) is 23.3 Å². The molecule has 0 aliphatic rings. The van der Waals surface area contributed by atoms with E-state index in [2.05, 4.69) is 24.5 Å². The van der Waals surface area contributed by atoms with Gasteiger partial charge in [0.05, 0.1) is 11.5 Å². The van der Waals surface area contributed by atoms with Crippen molar-refractivity contribution in [2.75, 3.05) is 23.4 Å². The van der Waals surface area contributed by atoms with Crippen LogP contribution in [0, 0.1) is 12.8 Å². The molecule has 0 bridgehead atoms. The van der Waals surface area contributed by atoms with Gasteiger partial charge >= 0.3 is 0 Å². The quantitative estimate of drug-likeness (QED) is 0.638. The van der Waals surface area contributed by atoms with Gasteiger partial charge in [0.15, 0.2) is 0 Å². The summed E-state index contributed by atoms with van der Waals surface area (Å²) in [5.41, 5.74) is 7.31. The highest BCUT2D eigenvalue weighted by Gasteiger charge is 2.25. The standard InChI is InChI=1S/C18H29N3O2S/c1-13(2)9-18(4,12-19)21-17(23)11-24-10-16(22)20-15-7-5-14(3)6-8-15/h5-8,13H,9-12,19H2,1-4H3,(H,20,22)(H,21,23). The van der Waals surface area contributed by atoms with Crippen molar-refractivity contribution in [2.24, 2.45) is 11.7 Å². The summed E-state index contributed by atoms with van der Waals surface area (Å²) in [5, 5.41) is 5.80. The lowest BCUT2D eigenvalue weighted by Gasteiger charge is -2.31. The molecule has 24 heavy (non-hydrogen) atoms. The Morgan fingerprint density at radius 2 is 1.75 bits per heavy atom. The number of hydrogen-bond donors (Lipinski definition) is 3. The molecule has 0 heterocycles. The number of benzene rings is 1. The molecule has 5 nitrogen and oxygen atoms in total. The van der Waals surface area contributed by atoms with Crippen LogP contribution in [0.2, 0.25) is 0 Å². The molecule has 1 aromatic carbocycles. The monoisotopic (exact) mass is 351 g/mol. The summed E-state index contributed by atoms with van der Waals surface area (Å²) in [4.78, 5) is 23.9. The van der Waals surface area contributed by atoms with Crippen molar-refractivity contribution in [3.8, 4) is 0 Å². The van der Waals surface area contributed by atoms with Crippen LogP contribution >= 0.6 is 11.8 Å². The van der Waals surface area contributed by atoms with Gasteiger partial charge in [-0.2, -0.15) is 0 Å². The number of hydrogen-bond acceptors (Lipinski definition) is 4. The van der Waals surface area contributed by atoms with E-state index in [1.165, 1.54) is 11.8 Å². The SMILES string of the molecule is Cc1ccc(NC(=O)CSCC(=O)NC(C)(CN)CC(C)C)cc1. The summed E-state index contributed by atoms with van der Waals surface area (Å²) in [6.07, 6.45) is 0.827. The molecule has 1 unspecified atom stereocenters. The van der Waals surface area contributed by atoms with E-state index in [0.717, 1.165) is 17.7 Å². The highest BCUT2D eigenvalue weighted by Crippen LogP contribution is 2.16. The Bertz CT molecular complexity index is 546. The van der Waals surface area contributed by atoms with Crippen molar-refractivity contribution in [3.63, 3.8) is 0 Å². The lowest BCUT2D eigenvalue weighted by Crippen LogP contribution is -2.52. The van der Waals surface area contributed by atoms with Gasteiger partial charge in [0.1, 0.15) is 0 Å². The normalized spacial score (nSPS) is 13.4. The van der Waals surface area contributed by atoms with Crippen LogP contribution < -0.4 is 16.4 Å². The van der Waals surface area contributed by atoms with Crippen molar-refractivity contribution in [1.29, 1.82) is 0 Å². The molecular formula is C18H29N3O2S. The zero-order valence-electron chi connectivity index (χ0n) is 15.0. The molecule has 1 aromatic rings. The van der Waals surface area contributed by atoms with E-state index in [4.69, 9.17) is 5.73 Å². The van der Waals surface area contributed by atoms with Crippen LogP contribution in [0.15, 0.2) is 24.3 Å². The second-order valence-electron chi connectivity index (χ2n) is 6.82. The fourth-order valence-electron chi connectivity index (χ4n) is 2.53. The maximum absolute atomic E-state index is 12.1. The van der Waals surface area contributed by atoms with E-state index in [1.807, 2.05) is 38.1 Å². The van der Waals surface area contributed by atoms with Crippen molar-refractivity contribution in [3.05, 3.63) is 29.8 Å². The molecule has 0 aliphatic carbocycles. The van der Waals surface area contributed by atoms with Crippen LogP contribution in [0.4, 0.5) is 5.69 Å². The number of nitrogens with one attached hydrogen (secondary N) is 2. The molecule has 0 saturated carbocycles. The summed E-state index contributed by atoms with van der Waals surface area (Å²) in [6, 6.07) is 7.61. The predicted octanol–water partition coefficient (Wildman–Crippen LogP) is 2.55. The zero-order valence-corrected chi connectivity index (χ0v) is 15.8. The largest absolute Gasteiger partial charge is 0.349 e. The smallest absolute Gasteiger partial charge is 0.234 e. The summed E-state index contributed by atoms with van der Waals surface area (Å²) < 4.78 is 0. The van der Waals surface area contributed by atoms with E-state index in [9.17, 15) is 9.59 Å². The first-order valence-electron chi connectivity index (χ1n) is 8.19. The number of amides is 2. The molecule has 0 saturated heterocycles. The Hall–Kier alpha value is -1.53. The van der Waals surface area contributed by atoms with Crippen LogP contribution in [0.1, 0.15) is 32.8 Å². The number of rotatable bonds is 9. The number of carbonyl (C=O) groups excluding carboxylic acids is 2. The van der Waals surface area contributed by atoms with Gasteiger partial charge in [-0.25, -0.2) is 0 Å². The van der Waals surface area contributed by atoms with Gasteiger partial charge in [0, 0.05) is 17.8 Å². The maximum atomic E-state index is 12.1. The van der Waals surface area contributed by atoms with Crippen LogP contribution in [0.3, 0.4) is 0 Å². The van der Waals surface area contributed by atoms with Crippen LogP contribution in [0.25, 0.3) is 0 Å². The van der Waals surface area contributed by atoms with Crippen LogP contribution in [-0.4, -0.2) is 35.4 Å². The van der Waals surface area contributed by atoms with Crippen LogP contribution in [0.5, 0.6) is 0 Å². The number of aryl methyl sites for hydroxylation is 1. The predicted molar refractivity (Wildman–Crippen MR) is 102 cm³/mol. The molecule has 0 spiro atoms. The number of carbonyl (C=O) groups is 2. The number of anilines is 1. The molecule has 1 atom stereocenters. The summed E-state index contributed by atoms with van der Waals surface area (Å²) in [6.45, 7) is 8.55. The second-order valence-corrected chi connectivity index (χ2v) is 7.80. The van der Waals surface area contributed by atoms with E-state index >= 15 is 0 Å². The third kappa shape index (κ3) is 7.84. The van der Waals surface area contributed by atoms with Gasteiger partial charge in [-0.05, 0) is 38.3 Å². The summed E-state index contributed by atoms with van der Waals surface area (Å²) in [5.74, 6) is 0.740.